The molecule has 1 rings (SSSR count). The van der Waals surface area contributed by atoms with E-state index in [0.29, 0.717) is 25.3 Å². The zero-order valence-corrected chi connectivity index (χ0v) is 13.2. The molecule has 0 aromatic heterocycles. The molecule has 1 aromatic rings. The first-order valence-corrected chi connectivity index (χ1v) is 6.99. The molecule has 2 N–H and O–H groups in total. The van der Waals surface area contributed by atoms with Gasteiger partial charge in [0.15, 0.2) is 0 Å². The van der Waals surface area contributed by atoms with Gasteiger partial charge in [-0.3, -0.25) is 9.59 Å². The van der Waals surface area contributed by atoms with E-state index in [9.17, 15) is 9.59 Å². The maximum Gasteiger partial charge on any atom is 0.251 e. The third-order valence-electron chi connectivity index (χ3n) is 2.92. The second-order valence-electron chi connectivity index (χ2n) is 5.88. The van der Waals surface area contributed by atoms with Crippen molar-refractivity contribution in [1.29, 1.82) is 0 Å². The first-order chi connectivity index (χ1) is 9.84. The first kappa shape index (κ1) is 17.2. The molecule has 0 radical (unpaired) electrons. The third kappa shape index (κ3) is 5.95. The van der Waals surface area contributed by atoms with Crippen molar-refractivity contribution in [3.63, 3.8) is 0 Å². The van der Waals surface area contributed by atoms with Gasteiger partial charge in [-0.2, -0.15) is 0 Å². The van der Waals surface area contributed by atoms with Gasteiger partial charge in [0.1, 0.15) is 0 Å². The standard InChI is InChI=1S/C16H24N2O3/c1-16(2,3)15(20)18-11-12-6-5-7-13(10-12)14(19)17-8-9-21-4/h5-7,10H,8-9,11H2,1-4H3,(H,17,19)(H,18,20). The minimum Gasteiger partial charge on any atom is -0.383 e. The maximum absolute atomic E-state index is 11.9. The molecule has 21 heavy (non-hydrogen) atoms. The summed E-state index contributed by atoms with van der Waals surface area (Å²) in [5, 5.41) is 5.63. The molecule has 116 valence electrons. The van der Waals surface area contributed by atoms with Crippen LogP contribution in [0.5, 0.6) is 0 Å². The van der Waals surface area contributed by atoms with Gasteiger partial charge in [-0.05, 0) is 17.7 Å². The second kappa shape index (κ2) is 7.78. The molecule has 5 heteroatoms. The van der Waals surface area contributed by atoms with Gasteiger partial charge in [0.05, 0.1) is 6.61 Å². The number of nitrogens with one attached hydrogen (secondary N) is 2. The van der Waals surface area contributed by atoms with Crippen molar-refractivity contribution in [2.45, 2.75) is 27.3 Å². The van der Waals surface area contributed by atoms with E-state index in [4.69, 9.17) is 4.74 Å². The fourth-order valence-electron chi connectivity index (χ4n) is 1.64. The van der Waals surface area contributed by atoms with E-state index in [1.54, 1.807) is 19.2 Å². The van der Waals surface area contributed by atoms with Crippen LogP contribution in [0.3, 0.4) is 0 Å². The summed E-state index contributed by atoms with van der Waals surface area (Å²) in [7, 11) is 1.59. The Balaban J connectivity index is 2.60. The van der Waals surface area contributed by atoms with Crippen LogP contribution in [0.4, 0.5) is 0 Å². The molecule has 0 aliphatic heterocycles. The maximum atomic E-state index is 11.9. The van der Waals surface area contributed by atoms with E-state index in [1.165, 1.54) is 0 Å². The third-order valence-corrected chi connectivity index (χ3v) is 2.92. The minimum absolute atomic E-state index is 0.0163. The molecule has 0 fully saturated rings. The molecule has 0 aliphatic carbocycles. The second-order valence-corrected chi connectivity index (χ2v) is 5.88. The van der Waals surface area contributed by atoms with Crippen LogP contribution in [0, 0.1) is 5.41 Å². The summed E-state index contributed by atoms with van der Waals surface area (Å²) in [5.74, 6) is -0.159. The molecule has 5 nitrogen and oxygen atoms in total. The molecule has 0 saturated heterocycles. The summed E-state index contributed by atoms with van der Waals surface area (Å²) in [6.45, 7) is 6.95. The number of carbonyl (C=O) groups excluding carboxylic acids is 2. The van der Waals surface area contributed by atoms with Crippen molar-refractivity contribution < 1.29 is 14.3 Å². The highest BCUT2D eigenvalue weighted by Gasteiger charge is 2.20. The lowest BCUT2D eigenvalue weighted by atomic mass is 9.95. The fourth-order valence-corrected chi connectivity index (χ4v) is 1.64. The van der Waals surface area contributed by atoms with E-state index in [2.05, 4.69) is 10.6 Å². The average molecular weight is 292 g/mol. The lowest BCUT2D eigenvalue weighted by Gasteiger charge is -2.17. The quantitative estimate of drug-likeness (QED) is 0.785. The Kier molecular flexibility index (Phi) is 6.37. The van der Waals surface area contributed by atoms with Gasteiger partial charge in [-0.15, -0.1) is 0 Å². The zero-order valence-electron chi connectivity index (χ0n) is 13.2. The summed E-state index contributed by atoms with van der Waals surface area (Å²) < 4.78 is 4.89. The Labute approximate surface area is 126 Å². The van der Waals surface area contributed by atoms with Crippen LogP contribution in [0.2, 0.25) is 0 Å². The zero-order chi connectivity index (χ0) is 15.9. The van der Waals surface area contributed by atoms with Crippen LogP contribution in [0.15, 0.2) is 24.3 Å². The van der Waals surface area contributed by atoms with Crippen molar-refractivity contribution in [2.75, 3.05) is 20.3 Å². The van der Waals surface area contributed by atoms with Crippen LogP contribution in [0.1, 0.15) is 36.7 Å². The normalized spacial score (nSPS) is 11.0. The van der Waals surface area contributed by atoms with Crippen LogP contribution in [-0.2, 0) is 16.1 Å². The number of methoxy groups -OCH3 is 1. The molecule has 0 atom stereocenters. The molecule has 2 amide bonds. The SMILES string of the molecule is COCCNC(=O)c1cccc(CNC(=O)C(C)(C)C)c1. The Morgan fingerprint density at radius 3 is 2.52 bits per heavy atom. The van der Waals surface area contributed by atoms with E-state index in [-0.39, 0.29) is 11.8 Å². The number of hydrogen-bond acceptors (Lipinski definition) is 3. The highest BCUT2D eigenvalue weighted by atomic mass is 16.5. The summed E-state index contributed by atoms with van der Waals surface area (Å²) in [5.41, 5.74) is 1.05. The summed E-state index contributed by atoms with van der Waals surface area (Å²) in [6, 6.07) is 7.22. The molecule has 0 spiro atoms. The van der Waals surface area contributed by atoms with Gasteiger partial charge in [0.2, 0.25) is 5.91 Å². The van der Waals surface area contributed by atoms with E-state index >= 15 is 0 Å². The average Bonchev–Trinajstić information content (AvgIpc) is 2.44. The summed E-state index contributed by atoms with van der Waals surface area (Å²) in [6.07, 6.45) is 0. The Morgan fingerprint density at radius 1 is 1.19 bits per heavy atom. The molecule has 0 bridgehead atoms. The van der Waals surface area contributed by atoms with Crippen molar-refractivity contribution >= 4 is 11.8 Å². The molecule has 1 aromatic carbocycles. The summed E-state index contributed by atoms with van der Waals surface area (Å²) in [4.78, 5) is 23.7. The van der Waals surface area contributed by atoms with Crippen LogP contribution in [0.25, 0.3) is 0 Å². The monoisotopic (exact) mass is 292 g/mol. The molecule has 0 aliphatic rings. The Bertz CT molecular complexity index is 493. The Hall–Kier alpha value is -1.88. The number of hydrogen-bond donors (Lipinski definition) is 2. The van der Waals surface area contributed by atoms with E-state index in [1.807, 2.05) is 32.9 Å². The molecule has 0 saturated carbocycles. The highest BCUT2D eigenvalue weighted by molar-refractivity contribution is 5.94. The van der Waals surface area contributed by atoms with Gasteiger partial charge in [0.25, 0.3) is 5.91 Å². The topological polar surface area (TPSA) is 67.4 Å². The lowest BCUT2D eigenvalue weighted by Crippen LogP contribution is -2.34. The molecular weight excluding hydrogens is 268 g/mol. The van der Waals surface area contributed by atoms with Gasteiger partial charge < -0.3 is 15.4 Å². The minimum atomic E-state index is -0.421. The fraction of sp³-hybridized carbons (Fsp3) is 0.500. The number of benzene rings is 1. The van der Waals surface area contributed by atoms with Gasteiger partial charge in [-0.25, -0.2) is 0 Å². The number of ether oxygens (including phenoxy) is 1. The number of carbonyl (C=O) groups is 2. The van der Waals surface area contributed by atoms with E-state index in [0.717, 1.165) is 5.56 Å². The van der Waals surface area contributed by atoms with Crippen molar-refractivity contribution in [1.82, 2.24) is 10.6 Å². The van der Waals surface area contributed by atoms with Crippen LogP contribution in [-0.4, -0.2) is 32.1 Å². The number of rotatable bonds is 6. The first-order valence-electron chi connectivity index (χ1n) is 6.99. The molecule has 0 heterocycles. The van der Waals surface area contributed by atoms with Crippen LogP contribution < -0.4 is 10.6 Å². The van der Waals surface area contributed by atoms with Crippen molar-refractivity contribution in [3.8, 4) is 0 Å². The largest absolute Gasteiger partial charge is 0.383 e. The molecule has 0 unspecified atom stereocenters. The number of amides is 2. The smallest absolute Gasteiger partial charge is 0.251 e. The van der Waals surface area contributed by atoms with Crippen LogP contribution >= 0.6 is 0 Å². The predicted molar refractivity (Wildman–Crippen MR) is 82.0 cm³/mol. The van der Waals surface area contributed by atoms with Gasteiger partial charge in [-0.1, -0.05) is 32.9 Å². The Morgan fingerprint density at radius 2 is 1.90 bits per heavy atom. The molecular formula is C16H24N2O3. The highest BCUT2D eigenvalue weighted by Crippen LogP contribution is 2.13. The van der Waals surface area contributed by atoms with E-state index < -0.39 is 5.41 Å². The predicted octanol–water partition coefficient (Wildman–Crippen LogP) is 1.73. The van der Waals surface area contributed by atoms with Crippen molar-refractivity contribution in [3.05, 3.63) is 35.4 Å². The summed E-state index contributed by atoms with van der Waals surface area (Å²) >= 11 is 0. The van der Waals surface area contributed by atoms with Crippen molar-refractivity contribution in [2.24, 2.45) is 5.41 Å². The van der Waals surface area contributed by atoms with Gasteiger partial charge >= 0.3 is 0 Å². The van der Waals surface area contributed by atoms with Gasteiger partial charge in [0, 0.05) is 31.2 Å². The lowest BCUT2D eigenvalue weighted by molar-refractivity contribution is -0.128.